The van der Waals surface area contributed by atoms with Crippen molar-refractivity contribution in [1.29, 1.82) is 0 Å². The van der Waals surface area contributed by atoms with Crippen LogP contribution in [0.5, 0.6) is 0 Å². The van der Waals surface area contributed by atoms with Crippen LogP contribution in [-0.4, -0.2) is 25.0 Å². The standard InChI is InChI=1S/C18H31O2P/c1-20-21(18-14-10-9-11-15-18)17-13-8-6-4-2-3-5-7-12-16-19/h9-11,14-15,19H,2-8,12-13,16-17H2,1H3. The average molecular weight is 310 g/mol. The van der Waals surface area contributed by atoms with E-state index in [9.17, 15) is 0 Å². The van der Waals surface area contributed by atoms with Crippen molar-refractivity contribution in [2.75, 3.05) is 19.9 Å². The lowest BCUT2D eigenvalue weighted by molar-refractivity contribution is 0.282. The van der Waals surface area contributed by atoms with E-state index in [0.717, 1.165) is 6.42 Å². The summed E-state index contributed by atoms with van der Waals surface area (Å²) in [4.78, 5) is 0. The molecule has 0 spiro atoms. The van der Waals surface area contributed by atoms with E-state index >= 15 is 0 Å². The van der Waals surface area contributed by atoms with E-state index in [1.54, 1.807) is 0 Å². The molecular weight excluding hydrogens is 279 g/mol. The fourth-order valence-electron chi connectivity index (χ4n) is 2.52. The van der Waals surface area contributed by atoms with Crippen molar-refractivity contribution >= 4 is 13.5 Å². The van der Waals surface area contributed by atoms with Gasteiger partial charge in [0.15, 0.2) is 0 Å². The summed E-state index contributed by atoms with van der Waals surface area (Å²) in [6, 6.07) is 10.6. The molecule has 0 aliphatic heterocycles. The number of aliphatic hydroxyl groups is 1. The smallest absolute Gasteiger partial charge is 0.0599 e. The Morgan fingerprint density at radius 3 is 1.86 bits per heavy atom. The highest BCUT2D eigenvalue weighted by Crippen LogP contribution is 2.35. The number of hydrogen-bond donors (Lipinski definition) is 1. The van der Waals surface area contributed by atoms with Gasteiger partial charge < -0.3 is 9.63 Å². The van der Waals surface area contributed by atoms with Crippen LogP contribution >= 0.6 is 8.15 Å². The van der Waals surface area contributed by atoms with E-state index < -0.39 is 8.15 Å². The second-order valence-electron chi connectivity index (χ2n) is 5.53. The molecule has 0 bridgehead atoms. The SMILES string of the molecule is COP(CCCCCCCCCCCO)c1ccccc1. The zero-order chi connectivity index (χ0) is 15.2. The lowest BCUT2D eigenvalue weighted by atomic mass is 10.1. The van der Waals surface area contributed by atoms with Crippen molar-refractivity contribution in [3.8, 4) is 0 Å². The van der Waals surface area contributed by atoms with Gasteiger partial charge in [-0.1, -0.05) is 75.3 Å². The van der Waals surface area contributed by atoms with Gasteiger partial charge in [-0.25, -0.2) is 0 Å². The monoisotopic (exact) mass is 310 g/mol. The molecule has 120 valence electrons. The van der Waals surface area contributed by atoms with Crippen LogP contribution in [0.25, 0.3) is 0 Å². The van der Waals surface area contributed by atoms with E-state index in [2.05, 4.69) is 30.3 Å². The zero-order valence-electron chi connectivity index (χ0n) is 13.5. The maximum Gasteiger partial charge on any atom is 0.0599 e. The Bertz CT molecular complexity index is 329. The van der Waals surface area contributed by atoms with E-state index in [0.29, 0.717) is 6.61 Å². The van der Waals surface area contributed by atoms with Crippen LogP contribution in [-0.2, 0) is 4.52 Å². The Hall–Kier alpha value is -0.430. The van der Waals surface area contributed by atoms with Gasteiger partial charge in [-0.15, -0.1) is 0 Å². The molecule has 1 aromatic rings. The average Bonchev–Trinajstić information content (AvgIpc) is 2.54. The predicted octanol–water partition coefficient (Wildman–Crippen LogP) is 4.86. The van der Waals surface area contributed by atoms with Gasteiger partial charge in [0.05, 0.1) is 8.15 Å². The quantitative estimate of drug-likeness (QED) is 0.416. The molecule has 1 rings (SSSR count). The van der Waals surface area contributed by atoms with Gasteiger partial charge in [0.2, 0.25) is 0 Å². The highest BCUT2D eigenvalue weighted by Gasteiger charge is 2.09. The maximum absolute atomic E-state index is 8.70. The fourth-order valence-corrected chi connectivity index (χ4v) is 4.19. The molecule has 1 N–H and O–H groups in total. The number of unbranched alkanes of at least 4 members (excludes halogenated alkanes) is 8. The van der Waals surface area contributed by atoms with E-state index in [4.69, 9.17) is 9.63 Å². The molecule has 0 saturated heterocycles. The minimum atomic E-state index is -0.412. The molecule has 0 aliphatic rings. The van der Waals surface area contributed by atoms with Crippen LogP contribution in [0.1, 0.15) is 57.8 Å². The molecule has 0 fully saturated rings. The Morgan fingerprint density at radius 2 is 1.33 bits per heavy atom. The Kier molecular flexibility index (Phi) is 11.7. The molecule has 21 heavy (non-hydrogen) atoms. The van der Waals surface area contributed by atoms with Crippen LogP contribution in [0.3, 0.4) is 0 Å². The molecule has 1 unspecified atom stereocenters. The molecule has 0 heterocycles. The summed E-state index contributed by atoms with van der Waals surface area (Å²) in [5.74, 6) is 0. The largest absolute Gasteiger partial charge is 0.396 e. The summed E-state index contributed by atoms with van der Waals surface area (Å²) in [6.45, 7) is 0.351. The van der Waals surface area contributed by atoms with Crippen LogP contribution in [0.15, 0.2) is 30.3 Å². The highest BCUT2D eigenvalue weighted by atomic mass is 31.1. The van der Waals surface area contributed by atoms with Gasteiger partial charge in [-0.2, -0.15) is 0 Å². The van der Waals surface area contributed by atoms with Crippen LogP contribution in [0, 0.1) is 0 Å². The molecule has 0 amide bonds. The van der Waals surface area contributed by atoms with E-state index in [1.807, 2.05) is 7.11 Å². The first-order chi connectivity index (χ1) is 10.4. The normalized spacial score (nSPS) is 12.5. The summed E-state index contributed by atoms with van der Waals surface area (Å²) in [5, 5.41) is 10.1. The molecule has 2 nitrogen and oxygen atoms in total. The van der Waals surface area contributed by atoms with Crippen LogP contribution in [0.4, 0.5) is 0 Å². The topological polar surface area (TPSA) is 29.5 Å². The summed E-state index contributed by atoms with van der Waals surface area (Å²) in [6.07, 6.45) is 12.6. The van der Waals surface area contributed by atoms with Crippen molar-refractivity contribution in [3.05, 3.63) is 30.3 Å². The number of aliphatic hydroxyl groups excluding tert-OH is 1. The summed E-state index contributed by atoms with van der Waals surface area (Å²) < 4.78 is 5.66. The lowest BCUT2D eigenvalue weighted by Crippen LogP contribution is -2.04. The lowest BCUT2D eigenvalue weighted by Gasteiger charge is -2.15. The Morgan fingerprint density at radius 1 is 0.810 bits per heavy atom. The van der Waals surface area contributed by atoms with Crippen LogP contribution in [0.2, 0.25) is 0 Å². The second kappa shape index (κ2) is 13.2. The molecule has 3 heteroatoms. The molecule has 0 saturated carbocycles. The van der Waals surface area contributed by atoms with Crippen molar-refractivity contribution < 1.29 is 9.63 Å². The predicted molar refractivity (Wildman–Crippen MR) is 93.5 cm³/mol. The van der Waals surface area contributed by atoms with Gasteiger partial charge in [0.1, 0.15) is 0 Å². The first-order valence-electron chi connectivity index (χ1n) is 8.36. The third-order valence-corrected chi connectivity index (χ3v) is 5.82. The molecule has 0 radical (unpaired) electrons. The summed E-state index contributed by atoms with van der Waals surface area (Å²) in [5.41, 5.74) is 0. The van der Waals surface area contributed by atoms with Gasteiger partial charge in [0, 0.05) is 19.0 Å². The van der Waals surface area contributed by atoms with Crippen molar-refractivity contribution in [2.24, 2.45) is 0 Å². The van der Waals surface area contributed by atoms with Gasteiger partial charge >= 0.3 is 0 Å². The second-order valence-corrected chi connectivity index (χ2v) is 7.61. The number of hydrogen-bond acceptors (Lipinski definition) is 2. The zero-order valence-corrected chi connectivity index (χ0v) is 14.4. The van der Waals surface area contributed by atoms with Crippen molar-refractivity contribution in [3.63, 3.8) is 0 Å². The van der Waals surface area contributed by atoms with Crippen molar-refractivity contribution in [1.82, 2.24) is 0 Å². The summed E-state index contributed by atoms with van der Waals surface area (Å²) >= 11 is 0. The minimum absolute atomic E-state index is 0.351. The van der Waals surface area contributed by atoms with Gasteiger partial charge in [0.25, 0.3) is 0 Å². The first kappa shape index (κ1) is 18.6. The van der Waals surface area contributed by atoms with E-state index in [1.165, 1.54) is 62.8 Å². The maximum atomic E-state index is 8.70. The number of rotatable bonds is 13. The highest BCUT2D eigenvalue weighted by molar-refractivity contribution is 7.60. The third-order valence-electron chi connectivity index (χ3n) is 3.78. The fraction of sp³-hybridized carbons (Fsp3) is 0.667. The molecule has 0 aromatic heterocycles. The molecule has 1 aromatic carbocycles. The Labute approximate surface area is 131 Å². The summed E-state index contributed by atoms with van der Waals surface area (Å²) in [7, 11) is 1.43. The number of benzene rings is 1. The van der Waals surface area contributed by atoms with Crippen LogP contribution < -0.4 is 5.30 Å². The molecule has 0 aliphatic carbocycles. The van der Waals surface area contributed by atoms with Crippen molar-refractivity contribution in [2.45, 2.75) is 57.8 Å². The van der Waals surface area contributed by atoms with Gasteiger partial charge in [-0.3, -0.25) is 0 Å². The minimum Gasteiger partial charge on any atom is -0.396 e. The first-order valence-corrected chi connectivity index (χ1v) is 9.80. The molecule has 1 atom stereocenters. The Balaban J connectivity index is 1.98. The molecular formula is C18H31O2P. The van der Waals surface area contributed by atoms with Gasteiger partial charge in [-0.05, 0) is 19.0 Å². The third kappa shape index (κ3) is 9.24. The van der Waals surface area contributed by atoms with E-state index in [-0.39, 0.29) is 0 Å².